The summed E-state index contributed by atoms with van der Waals surface area (Å²) in [7, 11) is 0. The van der Waals surface area contributed by atoms with Gasteiger partial charge < -0.3 is 0 Å². The van der Waals surface area contributed by atoms with E-state index < -0.39 is 0 Å². The van der Waals surface area contributed by atoms with Crippen molar-refractivity contribution in [3.63, 3.8) is 0 Å². The second-order valence-corrected chi connectivity index (χ2v) is 3.98. The molecule has 18 heavy (non-hydrogen) atoms. The van der Waals surface area contributed by atoms with Crippen LogP contribution in [0.3, 0.4) is 0 Å². The Morgan fingerprint density at radius 2 is 1.61 bits per heavy atom. The van der Waals surface area contributed by atoms with E-state index in [9.17, 15) is 0 Å². The molecule has 3 rings (SSSR count). The van der Waals surface area contributed by atoms with Crippen molar-refractivity contribution in [1.29, 1.82) is 0 Å². The largest absolute Gasteiger partial charge is 0.279 e. The van der Waals surface area contributed by atoms with E-state index in [4.69, 9.17) is 0 Å². The van der Waals surface area contributed by atoms with Crippen molar-refractivity contribution in [3.8, 4) is 17.1 Å². The molecule has 3 aromatic rings. The zero-order valence-electron chi connectivity index (χ0n) is 9.99. The Morgan fingerprint density at radius 3 is 2.33 bits per heavy atom. The second kappa shape index (κ2) is 4.41. The maximum absolute atomic E-state index is 4.25. The van der Waals surface area contributed by atoms with Crippen molar-refractivity contribution >= 4 is 0 Å². The highest BCUT2D eigenvalue weighted by Gasteiger charge is 2.11. The lowest BCUT2D eigenvalue weighted by Gasteiger charge is -2.07. The fraction of sp³-hybridized carbons (Fsp3) is 0.0714. The van der Waals surface area contributed by atoms with Crippen LogP contribution in [-0.4, -0.2) is 19.7 Å². The number of nitrogens with zero attached hydrogens (tertiary/aromatic N) is 4. The van der Waals surface area contributed by atoms with Crippen LogP contribution in [0.1, 0.15) is 5.82 Å². The van der Waals surface area contributed by atoms with Crippen LogP contribution in [0, 0.1) is 6.92 Å². The van der Waals surface area contributed by atoms with Gasteiger partial charge in [0.1, 0.15) is 5.82 Å². The van der Waals surface area contributed by atoms with Crippen LogP contribution in [0.2, 0.25) is 0 Å². The Morgan fingerprint density at radius 1 is 0.889 bits per heavy atom. The number of rotatable bonds is 2. The fourth-order valence-electron chi connectivity index (χ4n) is 1.94. The Bertz CT molecular complexity index is 644. The Labute approximate surface area is 105 Å². The van der Waals surface area contributed by atoms with Gasteiger partial charge >= 0.3 is 0 Å². The smallest absolute Gasteiger partial charge is 0.168 e. The highest BCUT2D eigenvalue weighted by molar-refractivity contribution is 5.58. The molecule has 0 atom stereocenters. The number of hydrogen-bond acceptors (Lipinski definition) is 3. The molecule has 1 aromatic carbocycles. The molecule has 0 saturated heterocycles. The average Bonchev–Trinajstić information content (AvgIpc) is 2.83. The SMILES string of the molecule is Cc1nnc(-c2ccccc2)n1-c1ccncc1. The van der Waals surface area contributed by atoms with E-state index in [1.54, 1.807) is 12.4 Å². The zero-order valence-corrected chi connectivity index (χ0v) is 9.99. The van der Waals surface area contributed by atoms with Gasteiger partial charge in [-0.3, -0.25) is 9.55 Å². The molecule has 4 heteroatoms. The van der Waals surface area contributed by atoms with Crippen molar-refractivity contribution in [1.82, 2.24) is 19.7 Å². The molecular formula is C14H12N4. The third kappa shape index (κ3) is 1.78. The first kappa shape index (κ1) is 10.7. The molecule has 0 amide bonds. The normalized spacial score (nSPS) is 10.5. The Balaban J connectivity index is 2.19. The number of pyridine rings is 1. The van der Waals surface area contributed by atoms with E-state index in [0.717, 1.165) is 22.9 Å². The molecule has 2 heterocycles. The van der Waals surface area contributed by atoms with E-state index in [1.807, 2.05) is 54.0 Å². The van der Waals surface area contributed by atoms with E-state index in [-0.39, 0.29) is 0 Å². The molecule has 0 N–H and O–H groups in total. The summed E-state index contributed by atoms with van der Waals surface area (Å²) in [5, 5.41) is 8.42. The molecule has 0 radical (unpaired) electrons. The van der Waals surface area contributed by atoms with Crippen LogP contribution in [0.15, 0.2) is 54.9 Å². The monoisotopic (exact) mass is 236 g/mol. The van der Waals surface area contributed by atoms with Crippen LogP contribution in [0.5, 0.6) is 0 Å². The van der Waals surface area contributed by atoms with Crippen molar-refractivity contribution in [2.75, 3.05) is 0 Å². The summed E-state index contributed by atoms with van der Waals surface area (Å²) in [5.41, 5.74) is 2.07. The molecule has 0 aliphatic rings. The highest BCUT2D eigenvalue weighted by Crippen LogP contribution is 2.21. The minimum Gasteiger partial charge on any atom is -0.279 e. The second-order valence-electron chi connectivity index (χ2n) is 3.98. The fourth-order valence-corrected chi connectivity index (χ4v) is 1.94. The van der Waals surface area contributed by atoms with Gasteiger partial charge in [0.25, 0.3) is 0 Å². The van der Waals surface area contributed by atoms with Gasteiger partial charge in [0.2, 0.25) is 0 Å². The van der Waals surface area contributed by atoms with Gasteiger partial charge in [0.15, 0.2) is 5.82 Å². The van der Waals surface area contributed by atoms with Gasteiger partial charge in [0, 0.05) is 18.0 Å². The molecule has 0 bridgehead atoms. The van der Waals surface area contributed by atoms with Crippen molar-refractivity contribution in [2.24, 2.45) is 0 Å². The summed E-state index contributed by atoms with van der Waals surface area (Å²) in [4.78, 5) is 4.03. The van der Waals surface area contributed by atoms with E-state index in [2.05, 4.69) is 15.2 Å². The minimum atomic E-state index is 0.847. The van der Waals surface area contributed by atoms with Crippen LogP contribution in [-0.2, 0) is 0 Å². The first-order valence-electron chi connectivity index (χ1n) is 5.74. The third-order valence-corrected chi connectivity index (χ3v) is 2.78. The van der Waals surface area contributed by atoms with Crippen LogP contribution < -0.4 is 0 Å². The topological polar surface area (TPSA) is 43.6 Å². The van der Waals surface area contributed by atoms with Crippen LogP contribution in [0.25, 0.3) is 17.1 Å². The van der Waals surface area contributed by atoms with Gasteiger partial charge in [-0.1, -0.05) is 30.3 Å². The maximum Gasteiger partial charge on any atom is 0.168 e. The maximum atomic E-state index is 4.25. The average molecular weight is 236 g/mol. The van der Waals surface area contributed by atoms with E-state index >= 15 is 0 Å². The number of aryl methyl sites for hydroxylation is 1. The molecule has 88 valence electrons. The standard InChI is InChI=1S/C14H12N4/c1-11-16-17-14(12-5-3-2-4-6-12)18(11)13-7-9-15-10-8-13/h2-10H,1H3. The van der Waals surface area contributed by atoms with E-state index in [0.29, 0.717) is 0 Å². The molecule has 0 aliphatic heterocycles. The molecule has 0 aliphatic carbocycles. The molecular weight excluding hydrogens is 224 g/mol. The minimum absolute atomic E-state index is 0.847. The van der Waals surface area contributed by atoms with Gasteiger partial charge in [-0.25, -0.2) is 0 Å². The summed E-state index contributed by atoms with van der Waals surface area (Å²) in [5.74, 6) is 1.71. The van der Waals surface area contributed by atoms with Crippen molar-refractivity contribution in [2.45, 2.75) is 6.92 Å². The molecule has 0 fully saturated rings. The Hall–Kier alpha value is -2.49. The predicted octanol–water partition coefficient (Wildman–Crippen LogP) is 2.64. The molecule has 4 nitrogen and oxygen atoms in total. The number of benzene rings is 1. The van der Waals surface area contributed by atoms with Crippen LogP contribution in [0.4, 0.5) is 0 Å². The first-order valence-corrected chi connectivity index (χ1v) is 5.74. The predicted molar refractivity (Wildman–Crippen MR) is 69.3 cm³/mol. The lowest BCUT2D eigenvalue weighted by Crippen LogP contribution is -1.99. The number of aromatic nitrogens is 4. The van der Waals surface area contributed by atoms with Crippen LogP contribution >= 0.6 is 0 Å². The van der Waals surface area contributed by atoms with Crippen molar-refractivity contribution < 1.29 is 0 Å². The van der Waals surface area contributed by atoms with E-state index in [1.165, 1.54) is 0 Å². The third-order valence-electron chi connectivity index (χ3n) is 2.78. The van der Waals surface area contributed by atoms with Gasteiger partial charge in [0.05, 0.1) is 5.69 Å². The molecule has 0 spiro atoms. The lowest BCUT2D eigenvalue weighted by atomic mass is 10.2. The Kier molecular flexibility index (Phi) is 2.61. The first-order chi connectivity index (χ1) is 8.86. The molecule has 2 aromatic heterocycles. The lowest BCUT2D eigenvalue weighted by molar-refractivity contribution is 0.968. The highest BCUT2D eigenvalue weighted by atomic mass is 15.3. The quantitative estimate of drug-likeness (QED) is 0.687. The summed E-state index contributed by atoms with van der Waals surface area (Å²) in [6, 6.07) is 13.9. The summed E-state index contributed by atoms with van der Waals surface area (Å²) >= 11 is 0. The summed E-state index contributed by atoms with van der Waals surface area (Å²) in [6.07, 6.45) is 3.53. The zero-order chi connectivity index (χ0) is 12.4. The van der Waals surface area contributed by atoms with Gasteiger partial charge in [-0.05, 0) is 19.1 Å². The summed E-state index contributed by atoms with van der Waals surface area (Å²) in [6.45, 7) is 1.94. The number of hydrogen-bond donors (Lipinski definition) is 0. The summed E-state index contributed by atoms with van der Waals surface area (Å²) < 4.78 is 2.02. The van der Waals surface area contributed by atoms with Crippen molar-refractivity contribution in [3.05, 3.63) is 60.7 Å². The molecule has 0 saturated carbocycles. The van der Waals surface area contributed by atoms with Gasteiger partial charge in [-0.15, -0.1) is 10.2 Å². The van der Waals surface area contributed by atoms with Gasteiger partial charge in [-0.2, -0.15) is 0 Å². The molecule has 0 unspecified atom stereocenters.